The van der Waals surface area contributed by atoms with E-state index < -0.39 is 0 Å². The molecule has 0 radical (unpaired) electrons. The molecule has 2 heterocycles. The zero-order valence-electron chi connectivity index (χ0n) is 12.4. The number of furan rings is 1. The minimum Gasteiger partial charge on any atom is -0.480 e. The first kappa shape index (κ1) is 15.3. The van der Waals surface area contributed by atoms with Crippen molar-refractivity contribution < 1.29 is 13.9 Å². The third-order valence-electron chi connectivity index (χ3n) is 3.05. The van der Waals surface area contributed by atoms with Crippen molar-refractivity contribution in [1.82, 2.24) is 4.90 Å². The van der Waals surface area contributed by atoms with Crippen molar-refractivity contribution in [3.63, 3.8) is 0 Å². The van der Waals surface area contributed by atoms with E-state index in [1.54, 1.807) is 25.3 Å². The SMILES string of the molecule is C=C/C(=C(\N=C)OC)c1ccc(/C=C2/N=C(N)N(C)C2=O)o1. The Morgan fingerprint density at radius 1 is 1.55 bits per heavy atom. The van der Waals surface area contributed by atoms with Crippen molar-refractivity contribution in [2.45, 2.75) is 0 Å². The number of carbonyl (C=O) groups excluding carboxylic acids is 1. The van der Waals surface area contributed by atoms with Crippen LogP contribution in [-0.4, -0.2) is 37.6 Å². The maximum Gasteiger partial charge on any atom is 0.279 e. The first-order chi connectivity index (χ1) is 10.5. The number of amides is 1. The Kier molecular flexibility index (Phi) is 4.26. The van der Waals surface area contributed by atoms with Crippen LogP contribution in [-0.2, 0) is 9.53 Å². The maximum absolute atomic E-state index is 11.9. The highest BCUT2D eigenvalue weighted by Crippen LogP contribution is 2.25. The molecule has 1 aliphatic heterocycles. The van der Waals surface area contributed by atoms with Crippen molar-refractivity contribution in [2.75, 3.05) is 14.2 Å². The van der Waals surface area contributed by atoms with Crippen LogP contribution in [0.4, 0.5) is 0 Å². The van der Waals surface area contributed by atoms with Crippen LogP contribution in [0.2, 0.25) is 0 Å². The van der Waals surface area contributed by atoms with Crippen LogP contribution in [0.5, 0.6) is 0 Å². The smallest absolute Gasteiger partial charge is 0.279 e. The predicted molar refractivity (Wildman–Crippen MR) is 84.8 cm³/mol. The molecule has 0 aromatic carbocycles. The van der Waals surface area contributed by atoms with Gasteiger partial charge in [-0.25, -0.2) is 9.98 Å². The van der Waals surface area contributed by atoms with Crippen molar-refractivity contribution >= 4 is 30.2 Å². The lowest BCUT2D eigenvalue weighted by Crippen LogP contribution is -2.33. The molecule has 1 aromatic heterocycles. The number of nitrogens with two attached hydrogens (primary N) is 1. The minimum absolute atomic E-state index is 0.146. The van der Waals surface area contributed by atoms with Gasteiger partial charge in [-0.3, -0.25) is 9.69 Å². The summed E-state index contributed by atoms with van der Waals surface area (Å²) in [5.74, 6) is 1.08. The summed E-state index contributed by atoms with van der Waals surface area (Å²) in [6.45, 7) is 7.13. The molecule has 0 spiro atoms. The van der Waals surface area contributed by atoms with Crippen molar-refractivity contribution in [3.8, 4) is 0 Å². The molecular weight excluding hydrogens is 284 g/mol. The van der Waals surface area contributed by atoms with Crippen LogP contribution in [0.3, 0.4) is 0 Å². The van der Waals surface area contributed by atoms with Gasteiger partial charge >= 0.3 is 0 Å². The van der Waals surface area contributed by atoms with Gasteiger partial charge in [0.1, 0.15) is 17.2 Å². The topological polar surface area (TPSA) is 93.4 Å². The highest BCUT2D eigenvalue weighted by molar-refractivity contribution is 6.12. The van der Waals surface area contributed by atoms with E-state index in [-0.39, 0.29) is 17.6 Å². The lowest BCUT2D eigenvalue weighted by molar-refractivity contribution is -0.121. The molecule has 7 nitrogen and oxygen atoms in total. The van der Waals surface area contributed by atoms with Gasteiger partial charge in [0, 0.05) is 13.1 Å². The number of likely N-dealkylation sites (N-methyl/N-ethyl adjacent to an activating group) is 1. The highest BCUT2D eigenvalue weighted by Gasteiger charge is 2.25. The van der Waals surface area contributed by atoms with Crippen LogP contribution in [0.25, 0.3) is 11.6 Å². The van der Waals surface area contributed by atoms with Gasteiger partial charge in [-0.15, -0.1) is 0 Å². The number of guanidine groups is 1. The number of aliphatic imine (C=N–C) groups is 2. The number of methoxy groups -OCH3 is 1. The molecule has 2 rings (SSSR count). The Balaban J connectivity index is 2.37. The predicted octanol–water partition coefficient (Wildman–Crippen LogP) is 1.61. The van der Waals surface area contributed by atoms with Gasteiger partial charge in [0.15, 0.2) is 0 Å². The van der Waals surface area contributed by atoms with Gasteiger partial charge in [-0.2, -0.15) is 0 Å². The molecular formula is C15H16N4O3. The number of hydrogen-bond donors (Lipinski definition) is 1. The zero-order chi connectivity index (χ0) is 16.3. The number of carbonyl (C=O) groups is 1. The van der Waals surface area contributed by atoms with E-state index in [4.69, 9.17) is 14.9 Å². The lowest BCUT2D eigenvalue weighted by Gasteiger charge is -2.05. The van der Waals surface area contributed by atoms with Gasteiger partial charge in [-0.1, -0.05) is 12.7 Å². The van der Waals surface area contributed by atoms with Crippen molar-refractivity contribution in [2.24, 2.45) is 15.7 Å². The summed E-state index contributed by atoms with van der Waals surface area (Å²) >= 11 is 0. The fraction of sp³-hybridized carbons (Fsp3) is 0.133. The third kappa shape index (κ3) is 2.69. The molecule has 1 aliphatic rings. The minimum atomic E-state index is -0.291. The van der Waals surface area contributed by atoms with E-state index in [9.17, 15) is 4.79 Å². The zero-order valence-corrected chi connectivity index (χ0v) is 12.4. The van der Waals surface area contributed by atoms with E-state index in [1.807, 2.05) is 0 Å². The molecule has 22 heavy (non-hydrogen) atoms. The summed E-state index contributed by atoms with van der Waals surface area (Å²) in [5.41, 5.74) is 6.35. The second-order valence-electron chi connectivity index (χ2n) is 4.35. The summed E-state index contributed by atoms with van der Waals surface area (Å²) in [5, 5.41) is 0. The molecule has 114 valence electrons. The van der Waals surface area contributed by atoms with E-state index >= 15 is 0 Å². The highest BCUT2D eigenvalue weighted by atomic mass is 16.5. The van der Waals surface area contributed by atoms with Gasteiger partial charge in [0.25, 0.3) is 5.91 Å². The van der Waals surface area contributed by atoms with E-state index in [2.05, 4.69) is 23.3 Å². The number of allylic oxidation sites excluding steroid dienone is 2. The Morgan fingerprint density at radius 3 is 2.77 bits per heavy atom. The first-order valence-corrected chi connectivity index (χ1v) is 6.33. The Hall–Kier alpha value is -3.09. The molecule has 0 aliphatic carbocycles. The molecule has 1 aromatic rings. The molecule has 7 heteroatoms. The fourth-order valence-corrected chi connectivity index (χ4v) is 1.88. The average molecular weight is 300 g/mol. The lowest BCUT2D eigenvalue weighted by atomic mass is 10.2. The van der Waals surface area contributed by atoms with E-state index in [0.717, 1.165) is 0 Å². The van der Waals surface area contributed by atoms with Crippen LogP contribution < -0.4 is 5.73 Å². The Bertz CT molecular complexity index is 725. The standard InChI is InChI=1S/C15H16N4O3/c1-5-10(13(17-2)21-4)12-7-6-9(22-12)8-11-14(20)19(3)15(16)18-11/h5-8H,1-2H2,3-4H3,(H2,16,18)/b11-8+,13-10-. The summed E-state index contributed by atoms with van der Waals surface area (Å²) in [6.07, 6.45) is 3.06. The first-order valence-electron chi connectivity index (χ1n) is 6.33. The molecule has 0 saturated carbocycles. The number of ether oxygens (including phenoxy) is 1. The summed E-state index contributed by atoms with van der Waals surface area (Å²) in [7, 11) is 3.03. The molecule has 1 amide bonds. The second kappa shape index (κ2) is 6.13. The van der Waals surface area contributed by atoms with E-state index in [0.29, 0.717) is 23.0 Å². The number of nitrogens with zero attached hydrogens (tertiary/aromatic N) is 3. The molecule has 0 unspecified atom stereocenters. The Morgan fingerprint density at radius 2 is 2.27 bits per heavy atom. The van der Waals surface area contributed by atoms with Crippen LogP contribution in [0, 0.1) is 0 Å². The molecule has 2 N–H and O–H groups in total. The average Bonchev–Trinajstić information content (AvgIpc) is 3.06. The largest absolute Gasteiger partial charge is 0.480 e. The normalized spacial score (nSPS) is 17.4. The molecule has 0 atom stereocenters. The Labute approximate surface area is 127 Å². The second-order valence-corrected chi connectivity index (χ2v) is 4.35. The molecule has 0 fully saturated rings. The fourth-order valence-electron chi connectivity index (χ4n) is 1.88. The van der Waals surface area contributed by atoms with Gasteiger partial charge < -0.3 is 14.9 Å². The quantitative estimate of drug-likeness (QED) is 0.387. The summed E-state index contributed by atoms with van der Waals surface area (Å²) in [4.78, 5) is 20.9. The van der Waals surface area contributed by atoms with Crippen molar-refractivity contribution in [1.29, 1.82) is 0 Å². The monoisotopic (exact) mass is 300 g/mol. The maximum atomic E-state index is 11.9. The molecule has 0 bridgehead atoms. The van der Waals surface area contributed by atoms with Crippen molar-refractivity contribution in [3.05, 3.63) is 47.9 Å². The molecule has 0 saturated heterocycles. The van der Waals surface area contributed by atoms with Gasteiger partial charge in [-0.05, 0) is 18.9 Å². The van der Waals surface area contributed by atoms with Crippen LogP contribution in [0.1, 0.15) is 11.5 Å². The summed E-state index contributed by atoms with van der Waals surface area (Å²) < 4.78 is 10.7. The van der Waals surface area contributed by atoms with E-state index in [1.165, 1.54) is 18.1 Å². The summed E-state index contributed by atoms with van der Waals surface area (Å²) in [6, 6.07) is 3.41. The number of hydrogen-bond acceptors (Lipinski definition) is 6. The van der Waals surface area contributed by atoms with Crippen LogP contribution in [0.15, 0.2) is 50.8 Å². The third-order valence-corrected chi connectivity index (χ3v) is 3.05. The van der Waals surface area contributed by atoms with Crippen LogP contribution >= 0.6 is 0 Å². The number of rotatable bonds is 5. The van der Waals surface area contributed by atoms with Gasteiger partial charge in [0.2, 0.25) is 11.8 Å². The van der Waals surface area contributed by atoms with Gasteiger partial charge in [0.05, 0.1) is 12.7 Å².